The fourth-order valence-electron chi connectivity index (χ4n) is 1.36. The predicted molar refractivity (Wildman–Crippen MR) is 47.1 cm³/mol. The minimum atomic E-state index is -0.379. The quantitative estimate of drug-likeness (QED) is 0.611. The van der Waals surface area contributed by atoms with E-state index in [1.165, 1.54) is 0 Å². The number of morpholine rings is 1. The third-order valence-corrected chi connectivity index (χ3v) is 2.38. The molecule has 0 aromatic rings. The third-order valence-electron chi connectivity index (χ3n) is 2.38. The first-order valence-corrected chi connectivity index (χ1v) is 4.41. The van der Waals surface area contributed by atoms with E-state index in [9.17, 15) is 4.79 Å². The SMILES string of the molecule is CC(=O)C(C)N1CCOC(C#N)C1. The van der Waals surface area contributed by atoms with Crippen molar-refractivity contribution in [2.45, 2.75) is 26.0 Å². The first-order valence-electron chi connectivity index (χ1n) is 4.41. The van der Waals surface area contributed by atoms with E-state index in [0.29, 0.717) is 13.2 Å². The van der Waals surface area contributed by atoms with E-state index in [0.717, 1.165) is 6.54 Å². The molecular weight excluding hydrogens is 168 g/mol. The van der Waals surface area contributed by atoms with Crippen LogP contribution in [0.3, 0.4) is 0 Å². The van der Waals surface area contributed by atoms with Crippen molar-refractivity contribution in [3.63, 3.8) is 0 Å². The van der Waals surface area contributed by atoms with E-state index >= 15 is 0 Å². The van der Waals surface area contributed by atoms with Crippen LogP contribution >= 0.6 is 0 Å². The molecule has 0 aromatic carbocycles. The monoisotopic (exact) mass is 182 g/mol. The molecule has 1 rings (SSSR count). The molecule has 0 saturated carbocycles. The highest BCUT2D eigenvalue weighted by atomic mass is 16.5. The van der Waals surface area contributed by atoms with Gasteiger partial charge in [0, 0.05) is 13.1 Å². The van der Waals surface area contributed by atoms with Crippen LogP contribution in [0.4, 0.5) is 0 Å². The van der Waals surface area contributed by atoms with Gasteiger partial charge in [0.25, 0.3) is 0 Å². The number of ether oxygens (including phenoxy) is 1. The maximum atomic E-state index is 11.1. The van der Waals surface area contributed by atoms with Crippen LogP contribution in [0, 0.1) is 11.3 Å². The largest absolute Gasteiger partial charge is 0.361 e. The van der Waals surface area contributed by atoms with Gasteiger partial charge in [-0.3, -0.25) is 9.69 Å². The van der Waals surface area contributed by atoms with Crippen LogP contribution in [0.1, 0.15) is 13.8 Å². The van der Waals surface area contributed by atoms with Crippen LogP contribution < -0.4 is 0 Å². The minimum absolute atomic E-state index is 0.0975. The molecule has 0 bridgehead atoms. The van der Waals surface area contributed by atoms with Gasteiger partial charge in [-0.1, -0.05) is 0 Å². The van der Waals surface area contributed by atoms with Gasteiger partial charge in [0.2, 0.25) is 0 Å². The topological polar surface area (TPSA) is 53.3 Å². The molecule has 0 radical (unpaired) electrons. The molecule has 0 aliphatic carbocycles. The van der Waals surface area contributed by atoms with Crippen molar-refractivity contribution in [1.82, 2.24) is 4.90 Å². The second-order valence-corrected chi connectivity index (χ2v) is 3.27. The average molecular weight is 182 g/mol. The van der Waals surface area contributed by atoms with Gasteiger partial charge in [0.15, 0.2) is 6.10 Å². The van der Waals surface area contributed by atoms with E-state index < -0.39 is 0 Å². The molecule has 4 nitrogen and oxygen atoms in total. The third kappa shape index (κ3) is 2.51. The summed E-state index contributed by atoms with van der Waals surface area (Å²) in [6.07, 6.45) is -0.379. The number of carbonyl (C=O) groups excluding carboxylic acids is 1. The lowest BCUT2D eigenvalue weighted by atomic mass is 10.1. The zero-order valence-electron chi connectivity index (χ0n) is 7.99. The maximum absolute atomic E-state index is 11.1. The van der Waals surface area contributed by atoms with Crippen LogP contribution in [-0.4, -0.2) is 42.5 Å². The standard InChI is InChI=1S/C9H14N2O2/c1-7(8(2)12)11-3-4-13-9(5-10)6-11/h7,9H,3-4,6H2,1-2H3. The molecule has 72 valence electrons. The molecule has 13 heavy (non-hydrogen) atoms. The van der Waals surface area contributed by atoms with E-state index in [1.807, 2.05) is 11.8 Å². The number of hydrogen-bond donors (Lipinski definition) is 0. The fourth-order valence-corrected chi connectivity index (χ4v) is 1.36. The Kier molecular flexibility index (Phi) is 3.40. The fraction of sp³-hybridized carbons (Fsp3) is 0.778. The Bertz CT molecular complexity index is 234. The lowest BCUT2D eigenvalue weighted by molar-refractivity contribution is -0.123. The smallest absolute Gasteiger partial charge is 0.156 e. The number of rotatable bonds is 2. The summed E-state index contributed by atoms with van der Waals surface area (Å²) >= 11 is 0. The number of ketones is 1. The molecule has 0 spiro atoms. The van der Waals surface area contributed by atoms with E-state index in [4.69, 9.17) is 10.00 Å². The summed E-state index contributed by atoms with van der Waals surface area (Å²) in [5.41, 5.74) is 0. The van der Waals surface area contributed by atoms with E-state index in [2.05, 4.69) is 6.07 Å². The molecule has 2 atom stereocenters. The van der Waals surface area contributed by atoms with Crippen molar-refractivity contribution in [2.75, 3.05) is 19.7 Å². The molecule has 1 saturated heterocycles. The zero-order chi connectivity index (χ0) is 9.84. The molecule has 0 amide bonds. The van der Waals surface area contributed by atoms with Gasteiger partial charge < -0.3 is 4.74 Å². The van der Waals surface area contributed by atoms with Gasteiger partial charge in [0.1, 0.15) is 5.78 Å². The highest BCUT2D eigenvalue weighted by Gasteiger charge is 2.25. The summed E-state index contributed by atoms with van der Waals surface area (Å²) in [6.45, 7) is 5.25. The highest BCUT2D eigenvalue weighted by molar-refractivity contribution is 5.80. The minimum Gasteiger partial charge on any atom is -0.361 e. The molecule has 1 aliphatic rings. The van der Waals surface area contributed by atoms with Gasteiger partial charge >= 0.3 is 0 Å². The zero-order valence-corrected chi connectivity index (χ0v) is 7.99. The summed E-state index contributed by atoms with van der Waals surface area (Å²) < 4.78 is 5.17. The van der Waals surface area contributed by atoms with Crippen LogP contribution in [0.25, 0.3) is 0 Å². The Morgan fingerprint density at radius 3 is 3.00 bits per heavy atom. The number of nitrogens with zero attached hydrogens (tertiary/aromatic N) is 2. The number of Topliss-reactive ketones (excluding diaryl/α,β-unsaturated/α-hetero) is 1. The van der Waals surface area contributed by atoms with Crippen LogP contribution in [0.5, 0.6) is 0 Å². The Balaban J connectivity index is 2.52. The van der Waals surface area contributed by atoms with Crippen LogP contribution in [-0.2, 0) is 9.53 Å². The summed E-state index contributed by atoms with van der Waals surface area (Å²) in [5.74, 6) is 0.138. The second-order valence-electron chi connectivity index (χ2n) is 3.27. The van der Waals surface area contributed by atoms with Gasteiger partial charge in [-0.15, -0.1) is 0 Å². The summed E-state index contributed by atoms with van der Waals surface area (Å²) in [5, 5.41) is 8.64. The van der Waals surface area contributed by atoms with Gasteiger partial charge in [-0.05, 0) is 13.8 Å². The second kappa shape index (κ2) is 4.35. The lowest BCUT2D eigenvalue weighted by Gasteiger charge is -2.33. The van der Waals surface area contributed by atoms with Crippen molar-refractivity contribution >= 4 is 5.78 Å². The Morgan fingerprint density at radius 1 is 1.77 bits per heavy atom. The molecule has 4 heteroatoms. The predicted octanol–water partition coefficient (Wildman–Crippen LogP) is 0.188. The van der Waals surface area contributed by atoms with Crippen LogP contribution in [0.2, 0.25) is 0 Å². The molecular formula is C9H14N2O2. The average Bonchev–Trinajstić information content (AvgIpc) is 2.16. The molecule has 1 aliphatic heterocycles. The van der Waals surface area contributed by atoms with Gasteiger partial charge in [0.05, 0.1) is 18.7 Å². The molecule has 0 N–H and O–H groups in total. The molecule has 1 fully saturated rings. The van der Waals surface area contributed by atoms with E-state index in [1.54, 1.807) is 6.92 Å². The molecule has 1 heterocycles. The summed E-state index contributed by atoms with van der Waals surface area (Å²) in [4.78, 5) is 13.1. The summed E-state index contributed by atoms with van der Waals surface area (Å²) in [7, 11) is 0. The Hall–Kier alpha value is -0.920. The number of hydrogen-bond acceptors (Lipinski definition) is 4. The first kappa shape index (κ1) is 10.2. The van der Waals surface area contributed by atoms with Crippen LogP contribution in [0.15, 0.2) is 0 Å². The maximum Gasteiger partial charge on any atom is 0.156 e. The number of carbonyl (C=O) groups is 1. The number of nitriles is 1. The van der Waals surface area contributed by atoms with Crippen molar-refractivity contribution in [1.29, 1.82) is 5.26 Å². The van der Waals surface area contributed by atoms with Gasteiger partial charge in [-0.25, -0.2) is 0 Å². The van der Waals surface area contributed by atoms with E-state index in [-0.39, 0.29) is 17.9 Å². The van der Waals surface area contributed by atoms with Crippen molar-refractivity contribution in [3.8, 4) is 6.07 Å². The Labute approximate surface area is 78.1 Å². The van der Waals surface area contributed by atoms with Crippen molar-refractivity contribution < 1.29 is 9.53 Å². The highest BCUT2D eigenvalue weighted by Crippen LogP contribution is 2.08. The molecule has 0 aromatic heterocycles. The lowest BCUT2D eigenvalue weighted by Crippen LogP contribution is -2.48. The van der Waals surface area contributed by atoms with Crippen molar-refractivity contribution in [3.05, 3.63) is 0 Å². The van der Waals surface area contributed by atoms with Crippen molar-refractivity contribution in [2.24, 2.45) is 0 Å². The Morgan fingerprint density at radius 2 is 2.46 bits per heavy atom. The summed E-state index contributed by atoms with van der Waals surface area (Å²) in [6, 6.07) is 1.96. The van der Waals surface area contributed by atoms with Gasteiger partial charge in [-0.2, -0.15) is 5.26 Å². The normalized spacial score (nSPS) is 26.4. The first-order chi connectivity index (χ1) is 6.15. The molecule has 2 unspecified atom stereocenters.